The predicted octanol–water partition coefficient (Wildman–Crippen LogP) is 1.90. The van der Waals surface area contributed by atoms with Crippen molar-refractivity contribution >= 4 is 21.4 Å². The van der Waals surface area contributed by atoms with Crippen LogP contribution in [0, 0.1) is 0 Å². The molecule has 0 bridgehead atoms. The number of rotatable bonds is 6. The lowest BCUT2D eigenvalue weighted by Crippen LogP contribution is -2.35. The average Bonchev–Trinajstić information content (AvgIpc) is 2.85. The van der Waals surface area contributed by atoms with Crippen LogP contribution in [0.15, 0.2) is 29.2 Å². The fourth-order valence-electron chi connectivity index (χ4n) is 2.48. The number of benzene rings is 1. The first kappa shape index (κ1) is 15.8. The molecule has 0 saturated carbocycles. The lowest BCUT2D eigenvalue weighted by Gasteiger charge is -2.22. The highest BCUT2D eigenvalue weighted by Gasteiger charge is 2.21. The number of carbonyl (C=O) groups is 1. The van der Waals surface area contributed by atoms with Crippen LogP contribution in [0.1, 0.15) is 26.7 Å². The second kappa shape index (κ2) is 6.47. The van der Waals surface area contributed by atoms with Crippen LogP contribution in [0.3, 0.4) is 0 Å². The Labute approximate surface area is 126 Å². The third kappa shape index (κ3) is 3.97. The topological polar surface area (TPSA) is 66.5 Å². The maximum atomic E-state index is 11.7. The minimum atomic E-state index is -3.15. The molecular weight excluding hydrogens is 288 g/mol. The van der Waals surface area contributed by atoms with Gasteiger partial charge < -0.3 is 10.2 Å². The van der Waals surface area contributed by atoms with E-state index in [1.54, 1.807) is 31.2 Å². The molecule has 0 radical (unpaired) electrons. The van der Waals surface area contributed by atoms with Gasteiger partial charge in [-0.1, -0.05) is 6.92 Å². The van der Waals surface area contributed by atoms with Gasteiger partial charge in [-0.2, -0.15) is 0 Å². The predicted molar refractivity (Wildman–Crippen MR) is 83.1 cm³/mol. The molecule has 116 valence electrons. The Balaban J connectivity index is 1.95. The fraction of sp³-hybridized carbons (Fsp3) is 0.533. The van der Waals surface area contributed by atoms with E-state index in [9.17, 15) is 13.2 Å². The van der Waals surface area contributed by atoms with Crippen molar-refractivity contribution in [2.75, 3.05) is 24.2 Å². The summed E-state index contributed by atoms with van der Waals surface area (Å²) in [4.78, 5) is 13.8. The van der Waals surface area contributed by atoms with Gasteiger partial charge >= 0.3 is 0 Å². The van der Waals surface area contributed by atoms with E-state index in [0.29, 0.717) is 17.9 Å². The van der Waals surface area contributed by atoms with Crippen LogP contribution < -0.4 is 5.32 Å². The Morgan fingerprint density at radius 1 is 1.29 bits per heavy atom. The van der Waals surface area contributed by atoms with Crippen molar-refractivity contribution in [3.05, 3.63) is 24.3 Å². The molecule has 1 N–H and O–H groups in total. The summed E-state index contributed by atoms with van der Waals surface area (Å²) in [5.74, 6) is 0.320. The molecule has 1 amide bonds. The van der Waals surface area contributed by atoms with E-state index in [4.69, 9.17) is 0 Å². The molecule has 21 heavy (non-hydrogen) atoms. The summed E-state index contributed by atoms with van der Waals surface area (Å²) in [5.41, 5.74) is 0.865. The average molecular weight is 310 g/mol. The lowest BCUT2D eigenvalue weighted by atomic mass is 10.2. The number of likely N-dealkylation sites (tertiary alicyclic amines) is 1. The number of sulfone groups is 1. The SMILES string of the molecule is CCS(=O)(=O)c1ccc(NC(C)CN2CCCC2=O)cc1. The van der Waals surface area contributed by atoms with Crippen LogP contribution in [-0.4, -0.2) is 44.1 Å². The van der Waals surface area contributed by atoms with Gasteiger partial charge in [0.25, 0.3) is 0 Å². The normalized spacial score (nSPS) is 17.0. The molecule has 1 heterocycles. The molecule has 1 fully saturated rings. The van der Waals surface area contributed by atoms with Gasteiger partial charge in [0.05, 0.1) is 10.6 Å². The number of nitrogens with zero attached hydrogens (tertiary/aromatic N) is 1. The Kier molecular flexibility index (Phi) is 4.88. The van der Waals surface area contributed by atoms with Gasteiger partial charge in [-0.15, -0.1) is 0 Å². The van der Waals surface area contributed by atoms with Gasteiger partial charge in [0.15, 0.2) is 9.84 Å². The number of nitrogens with one attached hydrogen (secondary N) is 1. The van der Waals surface area contributed by atoms with Gasteiger partial charge in [0.2, 0.25) is 5.91 Å². The van der Waals surface area contributed by atoms with Gasteiger partial charge in [-0.05, 0) is 37.6 Å². The summed E-state index contributed by atoms with van der Waals surface area (Å²) in [6, 6.07) is 6.90. The molecule has 1 aromatic carbocycles. The molecule has 0 aliphatic carbocycles. The fourth-order valence-corrected chi connectivity index (χ4v) is 3.37. The van der Waals surface area contributed by atoms with Crippen LogP contribution in [0.2, 0.25) is 0 Å². The Bertz CT molecular complexity index is 596. The van der Waals surface area contributed by atoms with Gasteiger partial charge in [0, 0.05) is 31.2 Å². The van der Waals surface area contributed by atoms with E-state index in [0.717, 1.165) is 18.7 Å². The first-order valence-corrected chi connectivity index (χ1v) is 8.94. The molecule has 2 rings (SSSR count). The van der Waals surface area contributed by atoms with E-state index >= 15 is 0 Å². The van der Waals surface area contributed by atoms with Crippen LogP contribution in [-0.2, 0) is 14.6 Å². The van der Waals surface area contributed by atoms with Crippen LogP contribution in [0.5, 0.6) is 0 Å². The Morgan fingerprint density at radius 2 is 1.95 bits per heavy atom. The summed E-state index contributed by atoms with van der Waals surface area (Å²) < 4.78 is 23.5. The second-order valence-corrected chi connectivity index (χ2v) is 7.69. The number of anilines is 1. The maximum absolute atomic E-state index is 11.7. The third-order valence-corrected chi connectivity index (χ3v) is 5.42. The standard InChI is InChI=1S/C15H22N2O3S/c1-3-21(19,20)14-8-6-13(7-9-14)16-12(2)11-17-10-4-5-15(17)18/h6-9,12,16H,3-5,10-11H2,1-2H3. The van der Waals surface area contributed by atoms with Crippen molar-refractivity contribution in [3.8, 4) is 0 Å². The highest BCUT2D eigenvalue weighted by molar-refractivity contribution is 7.91. The number of amides is 1. The Hall–Kier alpha value is -1.56. The number of hydrogen-bond acceptors (Lipinski definition) is 4. The maximum Gasteiger partial charge on any atom is 0.222 e. The van der Waals surface area contributed by atoms with Gasteiger partial charge in [0.1, 0.15) is 0 Å². The zero-order valence-corrected chi connectivity index (χ0v) is 13.3. The van der Waals surface area contributed by atoms with Crippen molar-refractivity contribution in [2.24, 2.45) is 0 Å². The number of carbonyl (C=O) groups excluding carboxylic acids is 1. The van der Waals surface area contributed by atoms with Gasteiger partial charge in [-0.3, -0.25) is 4.79 Å². The van der Waals surface area contributed by atoms with E-state index in [1.165, 1.54) is 0 Å². The lowest BCUT2D eigenvalue weighted by molar-refractivity contribution is -0.127. The monoisotopic (exact) mass is 310 g/mol. The van der Waals surface area contributed by atoms with E-state index in [-0.39, 0.29) is 17.7 Å². The number of hydrogen-bond donors (Lipinski definition) is 1. The molecule has 1 saturated heterocycles. The molecule has 0 aromatic heterocycles. The van der Waals surface area contributed by atoms with E-state index < -0.39 is 9.84 Å². The van der Waals surface area contributed by atoms with Gasteiger partial charge in [-0.25, -0.2) is 8.42 Å². The molecule has 1 unspecified atom stereocenters. The molecule has 1 aromatic rings. The quantitative estimate of drug-likeness (QED) is 0.871. The van der Waals surface area contributed by atoms with Crippen molar-refractivity contribution in [2.45, 2.75) is 37.6 Å². The van der Waals surface area contributed by atoms with Crippen molar-refractivity contribution in [1.82, 2.24) is 4.90 Å². The van der Waals surface area contributed by atoms with E-state index in [1.807, 2.05) is 11.8 Å². The molecule has 6 heteroatoms. The summed E-state index contributed by atoms with van der Waals surface area (Å²) in [6.07, 6.45) is 1.59. The smallest absolute Gasteiger partial charge is 0.222 e. The largest absolute Gasteiger partial charge is 0.381 e. The van der Waals surface area contributed by atoms with Crippen LogP contribution in [0.25, 0.3) is 0 Å². The minimum Gasteiger partial charge on any atom is -0.381 e. The first-order valence-electron chi connectivity index (χ1n) is 7.29. The molecule has 1 aliphatic rings. The highest BCUT2D eigenvalue weighted by Crippen LogP contribution is 2.17. The third-order valence-electron chi connectivity index (χ3n) is 3.67. The molecule has 1 aliphatic heterocycles. The zero-order valence-electron chi connectivity index (χ0n) is 12.5. The van der Waals surface area contributed by atoms with Crippen molar-refractivity contribution in [3.63, 3.8) is 0 Å². The van der Waals surface area contributed by atoms with E-state index in [2.05, 4.69) is 5.32 Å². The summed E-state index contributed by atoms with van der Waals surface area (Å²) in [7, 11) is -3.15. The minimum absolute atomic E-state index is 0.104. The summed E-state index contributed by atoms with van der Waals surface area (Å²) in [6.45, 7) is 5.16. The summed E-state index contributed by atoms with van der Waals surface area (Å²) >= 11 is 0. The van der Waals surface area contributed by atoms with Crippen molar-refractivity contribution in [1.29, 1.82) is 0 Å². The van der Waals surface area contributed by atoms with Crippen LogP contribution >= 0.6 is 0 Å². The van der Waals surface area contributed by atoms with Crippen molar-refractivity contribution < 1.29 is 13.2 Å². The summed E-state index contributed by atoms with van der Waals surface area (Å²) in [5, 5.41) is 3.30. The zero-order chi connectivity index (χ0) is 15.5. The Morgan fingerprint density at radius 3 is 2.48 bits per heavy atom. The first-order chi connectivity index (χ1) is 9.92. The molecular formula is C15H22N2O3S. The molecule has 5 nitrogen and oxygen atoms in total. The second-order valence-electron chi connectivity index (χ2n) is 5.42. The molecule has 1 atom stereocenters. The van der Waals surface area contributed by atoms with Crippen LogP contribution in [0.4, 0.5) is 5.69 Å². The molecule has 0 spiro atoms. The highest BCUT2D eigenvalue weighted by atomic mass is 32.2.